The molecule has 0 radical (unpaired) electrons. The van der Waals surface area contributed by atoms with Crippen LogP contribution in [0.1, 0.15) is 5.56 Å². The molecule has 1 nitrogen and oxygen atoms in total. The first-order chi connectivity index (χ1) is 8.16. The van der Waals surface area contributed by atoms with Gasteiger partial charge in [0.25, 0.3) is 0 Å². The van der Waals surface area contributed by atoms with E-state index in [1.54, 1.807) is 0 Å². The van der Waals surface area contributed by atoms with Crippen molar-refractivity contribution in [3.05, 3.63) is 63.3 Å². The summed E-state index contributed by atoms with van der Waals surface area (Å²) in [6, 6.07) is 11.8. The Bertz CT molecular complexity index is 531. The van der Waals surface area contributed by atoms with Crippen LogP contribution in [-0.2, 0) is 6.61 Å². The van der Waals surface area contributed by atoms with Gasteiger partial charge in [-0.15, -0.1) is 0 Å². The summed E-state index contributed by atoms with van der Waals surface area (Å²) in [7, 11) is 0. The highest BCUT2D eigenvalue weighted by molar-refractivity contribution is 9.10. The summed E-state index contributed by atoms with van der Waals surface area (Å²) < 4.78 is 19.3. The molecule has 0 spiro atoms. The van der Waals surface area contributed by atoms with Gasteiger partial charge in [-0.3, -0.25) is 0 Å². The highest BCUT2D eigenvalue weighted by atomic mass is 79.9. The van der Waals surface area contributed by atoms with Crippen LogP contribution in [0.25, 0.3) is 0 Å². The molecular weight excluding hydrogens is 306 g/mol. The van der Waals surface area contributed by atoms with Crippen LogP contribution in [0.4, 0.5) is 4.39 Å². The van der Waals surface area contributed by atoms with E-state index in [0.717, 1.165) is 10.0 Å². The van der Waals surface area contributed by atoms with Crippen molar-refractivity contribution in [2.75, 3.05) is 0 Å². The molecule has 0 fully saturated rings. The second kappa shape index (κ2) is 5.52. The number of benzene rings is 2. The van der Waals surface area contributed by atoms with Crippen molar-refractivity contribution in [2.45, 2.75) is 6.61 Å². The molecule has 2 rings (SSSR count). The Hall–Kier alpha value is -1.06. The van der Waals surface area contributed by atoms with E-state index in [0.29, 0.717) is 12.4 Å². The number of hydrogen-bond donors (Lipinski definition) is 0. The predicted octanol–water partition coefficient (Wildman–Crippen LogP) is 4.82. The molecule has 0 amide bonds. The molecule has 0 atom stereocenters. The maximum Gasteiger partial charge on any atom is 0.138 e. The molecule has 0 aliphatic heterocycles. The molecular formula is C13H9BrClFO. The number of hydrogen-bond acceptors (Lipinski definition) is 1. The molecule has 0 saturated carbocycles. The second-order valence-electron chi connectivity index (χ2n) is 3.45. The van der Waals surface area contributed by atoms with Crippen molar-refractivity contribution < 1.29 is 9.13 Å². The summed E-state index contributed by atoms with van der Waals surface area (Å²) in [5.74, 6) is 0.104. The fraction of sp³-hybridized carbons (Fsp3) is 0.0769. The lowest BCUT2D eigenvalue weighted by atomic mass is 10.2. The summed E-state index contributed by atoms with van der Waals surface area (Å²) in [5, 5.41) is 0.275. The average Bonchev–Trinajstić information content (AvgIpc) is 2.30. The topological polar surface area (TPSA) is 9.23 Å². The molecule has 2 aromatic rings. The number of halogens is 3. The molecule has 0 aliphatic rings. The summed E-state index contributed by atoms with van der Waals surface area (Å²) in [6.45, 7) is 0.382. The molecule has 0 aliphatic carbocycles. The normalized spacial score (nSPS) is 10.3. The highest BCUT2D eigenvalue weighted by Gasteiger charge is 2.04. The second-order valence-corrected chi connectivity index (χ2v) is 4.72. The summed E-state index contributed by atoms with van der Waals surface area (Å²) in [6.07, 6.45) is 0. The molecule has 0 N–H and O–H groups in total. The van der Waals surface area contributed by atoms with E-state index < -0.39 is 0 Å². The van der Waals surface area contributed by atoms with Gasteiger partial charge in [0.1, 0.15) is 18.2 Å². The van der Waals surface area contributed by atoms with Gasteiger partial charge in [-0.2, -0.15) is 0 Å². The zero-order valence-corrected chi connectivity index (χ0v) is 11.1. The van der Waals surface area contributed by atoms with Gasteiger partial charge >= 0.3 is 0 Å². The maximum atomic E-state index is 12.8. The Labute approximate surface area is 112 Å². The van der Waals surface area contributed by atoms with Crippen molar-refractivity contribution in [3.8, 4) is 5.75 Å². The monoisotopic (exact) mass is 314 g/mol. The minimum absolute atomic E-state index is 0.275. The van der Waals surface area contributed by atoms with Crippen LogP contribution in [0, 0.1) is 5.82 Å². The summed E-state index contributed by atoms with van der Waals surface area (Å²) >= 11 is 9.29. The third kappa shape index (κ3) is 3.20. The summed E-state index contributed by atoms with van der Waals surface area (Å²) in [4.78, 5) is 0. The van der Waals surface area contributed by atoms with Crippen molar-refractivity contribution in [3.63, 3.8) is 0 Å². The van der Waals surface area contributed by atoms with Gasteiger partial charge in [-0.25, -0.2) is 4.39 Å². The molecule has 17 heavy (non-hydrogen) atoms. The van der Waals surface area contributed by atoms with Crippen LogP contribution in [0.15, 0.2) is 46.9 Å². The zero-order chi connectivity index (χ0) is 12.3. The Morgan fingerprint density at radius 2 is 1.94 bits per heavy atom. The Balaban J connectivity index is 2.10. The fourth-order valence-electron chi connectivity index (χ4n) is 1.36. The predicted molar refractivity (Wildman–Crippen MR) is 69.9 cm³/mol. The van der Waals surface area contributed by atoms with E-state index in [4.69, 9.17) is 16.3 Å². The van der Waals surface area contributed by atoms with Crippen molar-refractivity contribution >= 4 is 27.5 Å². The van der Waals surface area contributed by atoms with E-state index in [9.17, 15) is 4.39 Å². The Morgan fingerprint density at radius 1 is 1.18 bits per heavy atom. The average molecular weight is 316 g/mol. The van der Waals surface area contributed by atoms with Crippen LogP contribution in [-0.4, -0.2) is 0 Å². The number of ether oxygens (including phenoxy) is 1. The molecule has 0 heterocycles. The van der Waals surface area contributed by atoms with Crippen molar-refractivity contribution in [1.29, 1.82) is 0 Å². The summed E-state index contributed by atoms with van der Waals surface area (Å²) in [5.41, 5.74) is 1.01. The van der Waals surface area contributed by atoms with E-state index in [1.165, 1.54) is 18.2 Å². The van der Waals surface area contributed by atoms with Crippen LogP contribution in [0.2, 0.25) is 5.02 Å². The van der Waals surface area contributed by atoms with Crippen LogP contribution in [0.5, 0.6) is 5.75 Å². The first-order valence-electron chi connectivity index (χ1n) is 4.98. The lowest BCUT2D eigenvalue weighted by Crippen LogP contribution is -1.97. The molecule has 88 valence electrons. The van der Waals surface area contributed by atoms with E-state index in [1.807, 2.05) is 24.3 Å². The fourth-order valence-corrected chi connectivity index (χ4v) is 1.98. The van der Waals surface area contributed by atoms with E-state index >= 15 is 0 Å². The molecule has 0 bridgehead atoms. The van der Waals surface area contributed by atoms with Gasteiger partial charge in [-0.05, 0) is 24.3 Å². The Kier molecular flexibility index (Phi) is 4.02. The first kappa shape index (κ1) is 12.4. The van der Waals surface area contributed by atoms with Crippen LogP contribution in [0.3, 0.4) is 0 Å². The maximum absolute atomic E-state index is 12.8. The standard InChI is InChI=1S/C13H9BrClFO/c14-11-4-2-1-3-9(11)8-17-13-6-5-10(16)7-12(13)15/h1-7H,8H2. The molecule has 0 unspecified atom stereocenters. The van der Waals surface area contributed by atoms with Crippen molar-refractivity contribution in [2.24, 2.45) is 0 Å². The lowest BCUT2D eigenvalue weighted by molar-refractivity contribution is 0.305. The quantitative estimate of drug-likeness (QED) is 0.789. The first-order valence-corrected chi connectivity index (χ1v) is 6.15. The Morgan fingerprint density at radius 3 is 2.65 bits per heavy atom. The third-order valence-electron chi connectivity index (χ3n) is 2.23. The minimum atomic E-state index is -0.372. The zero-order valence-electron chi connectivity index (χ0n) is 8.79. The van der Waals surface area contributed by atoms with Crippen molar-refractivity contribution in [1.82, 2.24) is 0 Å². The van der Waals surface area contributed by atoms with Gasteiger partial charge < -0.3 is 4.74 Å². The molecule has 4 heteroatoms. The SMILES string of the molecule is Fc1ccc(OCc2ccccc2Br)c(Cl)c1. The third-order valence-corrected chi connectivity index (χ3v) is 3.30. The molecule has 0 saturated heterocycles. The van der Waals surface area contributed by atoms with E-state index in [2.05, 4.69) is 15.9 Å². The molecule has 0 aromatic heterocycles. The van der Waals surface area contributed by atoms with Gasteiger partial charge in [-0.1, -0.05) is 45.7 Å². The van der Waals surface area contributed by atoms with Gasteiger partial charge in [0.2, 0.25) is 0 Å². The largest absolute Gasteiger partial charge is 0.487 e. The van der Waals surface area contributed by atoms with Crippen LogP contribution >= 0.6 is 27.5 Å². The minimum Gasteiger partial charge on any atom is -0.487 e. The van der Waals surface area contributed by atoms with E-state index in [-0.39, 0.29) is 10.8 Å². The van der Waals surface area contributed by atoms with Gasteiger partial charge in [0.05, 0.1) is 5.02 Å². The van der Waals surface area contributed by atoms with Gasteiger partial charge in [0.15, 0.2) is 0 Å². The smallest absolute Gasteiger partial charge is 0.138 e. The number of rotatable bonds is 3. The molecule has 2 aromatic carbocycles. The lowest BCUT2D eigenvalue weighted by Gasteiger charge is -2.09. The van der Waals surface area contributed by atoms with Crippen LogP contribution < -0.4 is 4.74 Å². The highest BCUT2D eigenvalue weighted by Crippen LogP contribution is 2.26. The van der Waals surface area contributed by atoms with Gasteiger partial charge in [0, 0.05) is 10.0 Å².